The van der Waals surface area contributed by atoms with Crippen LogP contribution in [-0.4, -0.2) is 18.0 Å². The largest absolute Gasteiger partial charge is 0.375 e. The van der Waals surface area contributed by atoms with Gasteiger partial charge in [-0.15, -0.1) is 0 Å². The maximum absolute atomic E-state index is 12.5. The van der Waals surface area contributed by atoms with E-state index in [0.29, 0.717) is 17.6 Å². The van der Waals surface area contributed by atoms with E-state index in [4.69, 9.17) is 4.74 Å². The Bertz CT molecular complexity index is 287. The predicted molar refractivity (Wildman–Crippen MR) is 66.8 cm³/mol. The third-order valence-corrected chi connectivity index (χ3v) is 5.17. The summed E-state index contributed by atoms with van der Waals surface area (Å²) in [5.74, 6) is 1.30. The fourth-order valence-corrected chi connectivity index (χ4v) is 3.91. The van der Waals surface area contributed by atoms with Crippen LogP contribution in [0.4, 0.5) is 0 Å². The van der Waals surface area contributed by atoms with Crippen molar-refractivity contribution in [3.8, 4) is 0 Å². The van der Waals surface area contributed by atoms with Gasteiger partial charge in [0, 0.05) is 18.4 Å². The summed E-state index contributed by atoms with van der Waals surface area (Å²) in [5.41, 5.74) is 0.132. The van der Waals surface area contributed by atoms with Crippen molar-refractivity contribution in [2.24, 2.45) is 11.8 Å². The number of rotatable bonds is 2. The molecule has 17 heavy (non-hydrogen) atoms. The molecule has 96 valence electrons. The summed E-state index contributed by atoms with van der Waals surface area (Å²) in [6.07, 6.45) is 11.9. The Kier molecular flexibility index (Phi) is 3.25. The Morgan fingerprint density at radius 1 is 0.941 bits per heavy atom. The van der Waals surface area contributed by atoms with E-state index < -0.39 is 0 Å². The third-order valence-electron chi connectivity index (χ3n) is 5.17. The molecule has 0 aromatic heterocycles. The highest BCUT2D eigenvalue weighted by atomic mass is 16.5. The smallest absolute Gasteiger partial charge is 0.139 e. The highest BCUT2D eigenvalue weighted by Crippen LogP contribution is 2.45. The van der Waals surface area contributed by atoms with E-state index in [-0.39, 0.29) is 5.60 Å². The minimum atomic E-state index is 0.132. The zero-order valence-electron chi connectivity index (χ0n) is 10.7. The first kappa shape index (κ1) is 11.7. The first-order valence-electron chi connectivity index (χ1n) is 7.47. The molecule has 3 fully saturated rings. The van der Waals surface area contributed by atoms with Gasteiger partial charge in [-0.25, -0.2) is 0 Å². The Labute approximate surface area is 104 Å². The van der Waals surface area contributed by atoms with Gasteiger partial charge in [0.15, 0.2) is 0 Å². The summed E-state index contributed by atoms with van der Waals surface area (Å²) in [7, 11) is 0. The van der Waals surface area contributed by atoms with Crippen molar-refractivity contribution in [1.82, 2.24) is 0 Å². The van der Waals surface area contributed by atoms with Crippen molar-refractivity contribution in [3.05, 3.63) is 0 Å². The molecule has 0 amide bonds. The Morgan fingerprint density at radius 3 is 2.35 bits per heavy atom. The zero-order chi connectivity index (χ0) is 11.7. The molecular weight excluding hydrogens is 212 g/mol. The maximum atomic E-state index is 12.5. The van der Waals surface area contributed by atoms with Gasteiger partial charge in [0.2, 0.25) is 0 Å². The van der Waals surface area contributed by atoms with Crippen LogP contribution in [0.25, 0.3) is 0 Å². The third kappa shape index (κ3) is 2.29. The second kappa shape index (κ2) is 4.72. The van der Waals surface area contributed by atoms with Crippen LogP contribution in [0.1, 0.15) is 64.2 Å². The van der Waals surface area contributed by atoms with Crippen LogP contribution in [-0.2, 0) is 9.53 Å². The van der Waals surface area contributed by atoms with E-state index in [9.17, 15) is 4.79 Å². The lowest BCUT2D eigenvalue weighted by molar-refractivity contribution is -0.158. The van der Waals surface area contributed by atoms with Crippen molar-refractivity contribution in [2.45, 2.75) is 69.8 Å². The quantitative estimate of drug-likeness (QED) is 0.733. The van der Waals surface area contributed by atoms with E-state index in [1.54, 1.807) is 0 Å². The molecule has 3 aliphatic rings. The number of hydrogen-bond donors (Lipinski definition) is 0. The summed E-state index contributed by atoms with van der Waals surface area (Å²) < 4.78 is 5.92. The second-order valence-electron chi connectivity index (χ2n) is 6.31. The van der Waals surface area contributed by atoms with Crippen molar-refractivity contribution in [3.63, 3.8) is 0 Å². The molecule has 1 atom stereocenters. The van der Waals surface area contributed by atoms with Gasteiger partial charge in [0.1, 0.15) is 5.78 Å². The van der Waals surface area contributed by atoms with Crippen LogP contribution >= 0.6 is 0 Å². The molecule has 0 aromatic carbocycles. The SMILES string of the molecule is O=C(C1CCCCC1)C1CCOC2(CCC2)C1. The first-order valence-corrected chi connectivity index (χ1v) is 7.47. The fourth-order valence-electron chi connectivity index (χ4n) is 3.91. The highest BCUT2D eigenvalue weighted by molar-refractivity contribution is 5.83. The van der Waals surface area contributed by atoms with Crippen LogP contribution in [0, 0.1) is 11.8 Å². The molecule has 0 N–H and O–H groups in total. The molecule has 0 bridgehead atoms. The van der Waals surface area contributed by atoms with Gasteiger partial charge in [-0.3, -0.25) is 4.79 Å². The molecule has 1 aliphatic heterocycles. The van der Waals surface area contributed by atoms with E-state index >= 15 is 0 Å². The molecule has 1 saturated heterocycles. The van der Waals surface area contributed by atoms with Crippen molar-refractivity contribution in [1.29, 1.82) is 0 Å². The summed E-state index contributed by atoms with van der Waals surface area (Å²) >= 11 is 0. The van der Waals surface area contributed by atoms with Gasteiger partial charge in [0.05, 0.1) is 5.60 Å². The van der Waals surface area contributed by atoms with Crippen molar-refractivity contribution in [2.75, 3.05) is 6.61 Å². The number of ether oxygens (including phenoxy) is 1. The van der Waals surface area contributed by atoms with Crippen LogP contribution in [0.3, 0.4) is 0 Å². The van der Waals surface area contributed by atoms with Gasteiger partial charge in [-0.2, -0.15) is 0 Å². The van der Waals surface area contributed by atoms with E-state index in [2.05, 4.69) is 0 Å². The zero-order valence-corrected chi connectivity index (χ0v) is 10.7. The standard InChI is InChI=1S/C15H24O2/c16-14(12-5-2-1-3-6-12)13-7-10-17-15(11-13)8-4-9-15/h12-13H,1-11H2. The Hall–Kier alpha value is -0.370. The van der Waals surface area contributed by atoms with Gasteiger partial charge in [-0.1, -0.05) is 19.3 Å². The van der Waals surface area contributed by atoms with Crippen LogP contribution in [0.2, 0.25) is 0 Å². The molecule has 1 unspecified atom stereocenters. The van der Waals surface area contributed by atoms with E-state index in [0.717, 1.165) is 32.3 Å². The number of ketones is 1. The fraction of sp³-hybridized carbons (Fsp3) is 0.933. The summed E-state index contributed by atoms with van der Waals surface area (Å²) in [5, 5.41) is 0. The molecule has 2 aliphatic carbocycles. The molecule has 2 saturated carbocycles. The Balaban J connectivity index is 1.60. The number of carbonyl (C=O) groups is 1. The average molecular weight is 236 g/mol. The number of Topliss-reactive ketones (excluding diaryl/α,β-unsaturated/α-hetero) is 1. The average Bonchev–Trinajstić information content (AvgIpc) is 2.37. The normalized spacial score (nSPS) is 33.3. The molecule has 0 radical (unpaired) electrons. The van der Waals surface area contributed by atoms with Crippen LogP contribution in [0.15, 0.2) is 0 Å². The lowest BCUT2D eigenvalue weighted by Gasteiger charge is -2.47. The molecule has 1 heterocycles. The minimum absolute atomic E-state index is 0.132. The number of hydrogen-bond acceptors (Lipinski definition) is 2. The molecule has 1 spiro atoms. The lowest BCUT2D eigenvalue weighted by atomic mass is 9.69. The second-order valence-corrected chi connectivity index (χ2v) is 6.31. The molecule has 0 aromatic rings. The molecule has 2 heteroatoms. The monoisotopic (exact) mass is 236 g/mol. The maximum Gasteiger partial charge on any atom is 0.139 e. The summed E-state index contributed by atoms with van der Waals surface area (Å²) in [6, 6.07) is 0. The van der Waals surface area contributed by atoms with Gasteiger partial charge >= 0.3 is 0 Å². The van der Waals surface area contributed by atoms with Crippen LogP contribution in [0.5, 0.6) is 0 Å². The van der Waals surface area contributed by atoms with Gasteiger partial charge in [-0.05, 0) is 44.9 Å². The van der Waals surface area contributed by atoms with Crippen molar-refractivity contribution >= 4 is 5.78 Å². The first-order chi connectivity index (χ1) is 8.29. The molecule has 3 rings (SSSR count). The topological polar surface area (TPSA) is 26.3 Å². The van der Waals surface area contributed by atoms with E-state index in [1.807, 2.05) is 0 Å². The van der Waals surface area contributed by atoms with Gasteiger partial charge in [0.25, 0.3) is 0 Å². The summed E-state index contributed by atoms with van der Waals surface area (Å²) in [4.78, 5) is 12.5. The minimum Gasteiger partial charge on any atom is -0.375 e. The molecule has 2 nitrogen and oxygen atoms in total. The van der Waals surface area contributed by atoms with Crippen LogP contribution < -0.4 is 0 Å². The summed E-state index contributed by atoms with van der Waals surface area (Å²) in [6.45, 7) is 0.823. The Morgan fingerprint density at radius 2 is 1.71 bits per heavy atom. The van der Waals surface area contributed by atoms with Gasteiger partial charge < -0.3 is 4.74 Å². The lowest BCUT2D eigenvalue weighted by Crippen LogP contribution is -2.47. The highest BCUT2D eigenvalue weighted by Gasteiger charge is 2.45. The van der Waals surface area contributed by atoms with Crippen molar-refractivity contribution < 1.29 is 9.53 Å². The predicted octanol–water partition coefficient (Wildman–Crippen LogP) is 3.49. The molecular formula is C15H24O2. The number of carbonyl (C=O) groups excluding carboxylic acids is 1. The van der Waals surface area contributed by atoms with E-state index in [1.165, 1.54) is 38.5 Å².